The lowest BCUT2D eigenvalue weighted by Crippen LogP contribution is -2.05. The van der Waals surface area contributed by atoms with Crippen LogP contribution in [0.4, 0.5) is 5.00 Å². The summed E-state index contributed by atoms with van der Waals surface area (Å²) < 4.78 is 5.77. The number of nitrogens with zero attached hydrogens (tertiary/aromatic N) is 4. The zero-order valence-corrected chi connectivity index (χ0v) is 9.66. The number of hydrogen-bond acceptors (Lipinski definition) is 5. The lowest BCUT2D eigenvalue weighted by atomic mass is 10.4. The first-order valence-electron chi connectivity index (χ1n) is 4.95. The predicted octanol–water partition coefficient (Wildman–Crippen LogP) is 1.69. The average Bonchev–Trinajstić information content (AvgIpc) is 2.89. The van der Waals surface area contributed by atoms with Gasteiger partial charge in [0.1, 0.15) is 22.5 Å². The molecule has 0 aromatic carbocycles. The third kappa shape index (κ3) is 2.04. The van der Waals surface area contributed by atoms with Gasteiger partial charge in [0, 0.05) is 24.3 Å². The van der Waals surface area contributed by atoms with E-state index in [0.29, 0.717) is 12.2 Å². The van der Waals surface area contributed by atoms with Crippen LogP contribution in [0.15, 0.2) is 18.3 Å². The molecule has 5 nitrogen and oxygen atoms in total. The summed E-state index contributed by atoms with van der Waals surface area (Å²) in [6.07, 6.45) is 1.87. The molecule has 6 heteroatoms. The van der Waals surface area contributed by atoms with E-state index >= 15 is 0 Å². The monoisotopic (exact) mass is 233 g/mol. The quantitative estimate of drug-likeness (QED) is 0.872. The van der Waals surface area contributed by atoms with Gasteiger partial charge in [-0.1, -0.05) is 4.49 Å². The van der Waals surface area contributed by atoms with Crippen molar-refractivity contribution in [1.29, 1.82) is 5.26 Å². The van der Waals surface area contributed by atoms with Crippen LogP contribution in [0.5, 0.6) is 0 Å². The van der Waals surface area contributed by atoms with Crippen LogP contribution >= 0.6 is 11.5 Å². The van der Waals surface area contributed by atoms with Crippen LogP contribution in [-0.2, 0) is 6.54 Å². The van der Waals surface area contributed by atoms with Gasteiger partial charge in [0.15, 0.2) is 0 Å². The lowest BCUT2D eigenvalue weighted by molar-refractivity contribution is 0.765. The normalized spacial score (nSPS) is 10.0. The Hall–Kier alpha value is -1.87. The summed E-state index contributed by atoms with van der Waals surface area (Å²) in [5, 5.41) is 17.1. The van der Waals surface area contributed by atoms with E-state index in [1.54, 1.807) is 6.07 Å². The van der Waals surface area contributed by atoms with Crippen LogP contribution in [0.25, 0.3) is 0 Å². The second-order valence-corrected chi connectivity index (χ2v) is 3.97. The van der Waals surface area contributed by atoms with Crippen LogP contribution in [0.1, 0.15) is 18.3 Å². The minimum absolute atomic E-state index is 0.578. The topological polar surface area (TPSA) is 66.5 Å². The van der Waals surface area contributed by atoms with Crippen molar-refractivity contribution >= 4 is 16.5 Å². The summed E-state index contributed by atoms with van der Waals surface area (Å²) in [6, 6.07) is 5.77. The van der Waals surface area contributed by atoms with E-state index in [9.17, 15) is 0 Å². The van der Waals surface area contributed by atoms with Gasteiger partial charge >= 0.3 is 0 Å². The Morgan fingerprint density at radius 1 is 1.62 bits per heavy atom. The number of hydrogen-bond donors (Lipinski definition) is 1. The Morgan fingerprint density at radius 3 is 3.25 bits per heavy atom. The van der Waals surface area contributed by atoms with Gasteiger partial charge < -0.3 is 9.88 Å². The zero-order valence-electron chi connectivity index (χ0n) is 8.84. The number of nitriles is 1. The first-order chi connectivity index (χ1) is 7.85. The highest BCUT2D eigenvalue weighted by molar-refractivity contribution is 7.10. The predicted molar refractivity (Wildman–Crippen MR) is 62.3 cm³/mol. The van der Waals surface area contributed by atoms with E-state index in [1.165, 1.54) is 11.5 Å². The maximum absolute atomic E-state index is 8.89. The Morgan fingerprint density at radius 2 is 2.50 bits per heavy atom. The van der Waals surface area contributed by atoms with Crippen molar-refractivity contribution in [3.63, 3.8) is 0 Å². The molecule has 82 valence electrons. The van der Waals surface area contributed by atoms with Crippen LogP contribution < -0.4 is 5.32 Å². The first-order valence-corrected chi connectivity index (χ1v) is 5.72. The van der Waals surface area contributed by atoms with Gasteiger partial charge in [-0.2, -0.15) is 5.26 Å². The number of rotatable bonds is 4. The molecule has 0 spiro atoms. The van der Waals surface area contributed by atoms with Crippen LogP contribution in [0, 0.1) is 11.3 Å². The number of nitrogens with one attached hydrogen (secondary N) is 1. The van der Waals surface area contributed by atoms with Gasteiger partial charge in [0.25, 0.3) is 0 Å². The third-order valence-corrected chi connectivity index (χ3v) is 2.88. The molecule has 0 amide bonds. The van der Waals surface area contributed by atoms with Crippen molar-refractivity contribution in [3.05, 3.63) is 29.7 Å². The molecule has 0 radical (unpaired) electrons. The third-order valence-electron chi connectivity index (χ3n) is 2.16. The molecule has 0 aliphatic carbocycles. The Kier molecular flexibility index (Phi) is 3.17. The molecule has 2 rings (SSSR count). The molecule has 2 heterocycles. The Bertz CT molecular complexity index is 507. The Balaban J connectivity index is 2.21. The van der Waals surface area contributed by atoms with E-state index in [0.717, 1.165) is 17.2 Å². The summed E-state index contributed by atoms with van der Waals surface area (Å²) in [5.41, 5.74) is 1.51. The van der Waals surface area contributed by atoms with Gasteiger partial charge in [-0.3, -0.25) is 0 Å². The maximum Gasteiger partial charge on any atom is 0.135 e. The second-order valence-electron chi connectivity index (χ2n) is 3.21. The molecular weight excluding hydrogens is 222 g/mol. The highest BCUT2D eigenvalue weighted by Gasteiger charge is 2.09. The number of anilines is 1. The van der Waals surface area contributed by atoms with Crippen molar-refractivity contribution in [2.45, 2.75) is 13.5 Å². The van der Waals surface area contributed by atoms with E-state index in [1.807, 2.05) is 23.8 Å². The summed E-state index contributed by atoms with van der Waals surface area (Å²) >= 11 is 1.34. The first kappa shape index (κ1) is 10.6. The molecule has 0 aliphatic rings. The minimum Gasteiger partial charge on any atom is -0.374 e. The van der Waals surface area contributed by atoms with Crippen molar-refractivity contribution in [3.8, 4) is 6.07 Å². The molecule has 2 aromatic rings. The molecular formula is C10H11N5S. The van der Waals surface area contributed by atoms with Crippen LogP contribution in [0.3, 0.4) is 0 Å². The molecule has 0 atom stereocenters. The van der Waals surface area contributed by atoms with Crippen molar-refractivity contribution in [2.24, 2.45) is 0 Å². The largest absolute Gasteiger partial charge is 0.374 e. The minimum atomic E-state index is 0.578. The fourth-order valence-corrected chi connectivity index (χ4v) is 2.06. The smallest absolute Gasteiger partial charge is 0.135 e. The van der Waals surface area contributed by atoms with E-state index in [4.69, 9.17) is 5.26 Å². The molecule has 0 aliphatic heterocycles. The van der Waals surface area contributed by atoms with Crippen molar-refractivity contribution < 1.29 is 0 Å². The summed E-state index contributed by atoms with van der Waals surface area (Å²) in [7, 11) is 0. The van der Waals surface area contributed by atoms with Gasteiger partial charge in [-0.15, -0.1) is 5.10 Å². The fourth-order valence-electron chi connectivity index (χ4n) is 1.42. The molecule has 2 aromatic heterocycles. The summed E-state index contributed by atoms with van der Waals surface area (Å²) in [6.45, 7) is 3.45. The highest BCUT2D eigenvalue weighted by Crippen LogP contribution is 2.19. The lowest BCUT2D eigenvalue weighted by Gasteiger charge is -2.04. The SMILES string of the molecule is CCNc1snnc1Cn1cccc1C#N. The van der Waals surface area contributed by atoms with E-state index in [2.05, 4.69) is 21.0 Å². The van der Waals surface area contributed by atoms with E-state index < -0.39 is 0 Å². The maximum atomic E-state index is 8.89. The standard InChI is InChI=1S/C10H11N5S/c1-2-12-10-9(13-14-16-10)7-15-5-3-4-8(15)6-11/h3-5,12H,2,7H2,1H3. The van der Waals surface area contributed by atoms with Gasteiger partial charge in [0.05, 0.1) is 6.54 Å². The summed E-state index contributed by atoms with van der Waals surface area (Å²) in [5.74, 6) is 0. The average molecular weight is 233 g/mol. The van der Waals surface area contributed by atoms with Gasteiger partial charge in [-0.25, -0.2) is 0 Å². The van der Waals surface area contributed by atoms with Gasteiger partial charge in [0.2, 0.25) is 0 Å². The zero-order chi connectivity index (χ0) is 11.4. The molecule has 0 saturated heterocycles. The summed E-state index contributed by atoms with van der Waals surface area (Å²) in [4.78, 5) is 0. The van der Waals surface area contributed by atoms with Crippen molar-refractivity contribution in [1.82, 2.24) is 14.2 Å². The second kappa shape index (κ2) is 4.77. The molecule has 0 saturated carbocycles. The molecule has 16 heavy (non-hydrogen) atoms. The molecule has 0 fully saturated rings. The molecule has 0 unspecified atom stereocenters. The Labute approximate surface area is 97.5 Å². The fraction of sp³-hybridized carbons (Fsp3) is 0.300. The molecule has 1 N–H and O–H groups in total. The number of aromatic nitrogens is 3. The van der Waals surface area contributed by atoms with E-state index in [-0.39, 0.29) is 0 Å². The van der Waals surface area contributed by atoms with Gasteiger partial charge in [-0.05, 0) is 19.1 Å². The van der Waals surface area contributed by atoms with Crippen molar-refractivity contribution in [2.75, 3.05) is 11.9 Å². The van der Waals surface area contributed by atoms with Crippen LogP contribution in [0.2, 0.25) is 0 Å². The molecule has 0 bridgehead atoms. The highest BCUT2D eigenvalue weighted by atomic mass is 32.1. The van der Waals surface area contributed by atoms with Crippen LogP contribution in [-0.4, -0.2) is 20.7 Å².